The van der Waals surface area contributed by atoms with Crippen LogP contribution in [0.15, 0.2) is 11.8 Å². The van der Waals surface area contributed by atoms with E-state index in [2.05, 4.69) is 26.1 Å². The summed E-state index contributed by atoms with van der Waals surface area (Å²) in [5.41, 5.74) is 0.440. The van der Waals surface area contributed by atoms with E-state index in [1.54, 1.807) is 20.8 Å². The van der Waals surface area contributed by atoms with Gasteiger partial charge in [0.1, 0.15) is 12.5 Å². The van der Waals surface area contributed by atoms with Crippen LogP contribution in [0.1, 0.15) is 67.2 Å². The number of nitrogens with zero attached hydrogens (tertiary/aromatic N) is 1. The van der Waals surface area contributed by atoms with Crippen LogP contribution in [0.2, 0.25) is 0 Å². The van der Waals surface area contributed by atoms with E-state index in [-0.39, 0.29) is 16.9 Å². The average molecular weight is 559 g/mol. The Morgan fingerprint density at radius 1 is 1.19 bits per heavy atom. The molecule has 2 atom stereocenters. The largest absolute Gasteiger partial charge is 0.400 e. The smallest absolute Gasteiger partial charge is 0.330 e. The number of aldehydes is 1. The fourth-order valence-electron chi connectivity index (χ4n) is 2.83. The Balaban J connectivity index is 0. The molecule has 1 aliphatic rings. The van der Waals surface area contributed by atoms with Crippen LogP contribution in [0, 0.1) is 0 Å². The highest BCUT2D eigenvalue weighted by molar-refractivity contribution is 8.29. The van der Waals surface area contributed by atoms with Crippen molar-refractivity contribution < 1.29 is 37.6 Å². The van der Waals surface area contributed by atoms with Gasteiger partial charge in [-0.25, -0.2) is 4.79 Å². The Morgan fingerprint density at radius 2 is 1.69 bits per heavy atom. The van der Waals surface area contributed by atoms with Gasteiger partial charge in [0, 0.05) is 30.7 Å². The van der Waals surface area contributed by atoms with E-state index in [4.69, 9.17) is 18.9 Å². The third-order valence-corrected chi connectivity index (χ3v) is 10.6. The molecule has 0 bridgehead atoms. The number of amides is 2. The van der Waals surface area contributed by atoms with Gasteiger partial charge in [-0.1, -0.05) is 20.8 Å². The fourth-order valence-corrected chi connectivity index (χ4v) is 4.52. The first-order valence-electron chi connectivity index (χ1n) is 12.2. The van der Waals surface area contributed by atoms with E-state index >= 15 is 0 Å². The van der Waals surface area contributed by atoms with Gasteiger partial charge >= 0.3 is 13.6 Å². The Morgan fingerprint density at radius 3 is 2.08 bits per heavy atom. The molecule has 0 aliphatic carbocycles. The molecule has 1 rings (SSSR count). The summed E-state index contributed by atoms with van der Waals surface area (Å²) in [6, 6.07) is -0.325. The van der Waals surface area contributed by atoms with Crippen molar-refractivity contribution in [1.82, 2.24) is 10.2 Å². The van der Waals surface area contributed by atoms with Gasteiger partial charge in [-0.2, -0.15) is 0 Å². The quantitative estimate of drug-likeness (QED) is 0.179. The number of ether oxygens (including phenoxy) is 1. The number of rotatable bonds is 11. The molecular formula is C24H51N2O8PS. The van der Waals surface area contributed by atoms with Crippen LogP contribution < -0.4 is 5.32 Å². The Kier molecular flexibility index (Phi) is 19.0. The van der Waals surface area contributed by atoms with Crippen molar-refractivity contribution in [3.63, 3.8) is 0 Å². The van der Waals surface area contributed by atoms with Crippen LogP contribution in [-0.4, -0.2) is 90.0 Å². The van der Waals surface area contributed by atoms with Gasteiger partial charge in [-0.05, 0) is 59.0 Å². The molecule has 0 saturated carbocycles. The second-order valence-corrected chi connectivity index (χ2v) is 15.4. The minimum atomic E-state index is -3.03. The number of nitrogens with one attached hydrogen (secondary N) is 1. The minimum Gasteiger partial charge on any atom is -0.400 e. The third-order valence-electron chi connectivity index (χ3n) is 5.48. The zero-order chi connectivity index (χ0) is 28.6. The van der Waals surface area contributed by atoms with E-state index in [1.165, 1.54) is 18.1 Å². The topological polar surface area (TPSA) is 135 Å². The molecule has 3 N–H and O–H groups in total. The van der Waals surface area contributed by atoms with Crippen LogP contribution >= 0.6 is 17.9 Å². The monoisotopic (exact) mass is 558 g/mol. The molecule has 36 heavy (non-hydrogen) atoms. The predicted octanol–water partition coefficient (Wildman–Crippen LogP) is 5.21. The first-order chi connectivity index (χ1) is 16.6. The van der Waals surface area contributed by atoms with Crippen LogP contribution in [0.5, 0.6) is 0 Å². The highest BCUT2D eigenvalue weighted by Crippen LogP contribution is 2.49. The number of hydrogen-bond acceptors (Lipinski definition) is 8. The van der Waals surface area contributed by atoms with Crippen molar-refractivity contribution in [3.8, 4) is 0 Å². The molecule has 0 aromatic heterocycles. The summed E-state index contributed by atoms with van der Waals surface area (Å²) >= 11 is 0. The van der Waals surface area contributed by atoms with Gasteiger partial charge in [-0.15, -0.1) is 10.3 Å². The average Bonchev–Trinajstić information content (AvgIpc) is 3.26. The van der Waals surface area contributed by atoms with Gasteiger partial charge in [0.15, 0.2) is 0 Å². The summed E-state index contributed by atoms with van der Waals surface area (Å²) in [6.45, 7) is 12.1. The van der Waals surface area contributed by atoms with Gasteiger partial charge in [0.2, 0.25) is 0 Å². The lowest BCUT2D eigenvalue weighted by atomic mass is 10.1. The minimum absolute atomic E-state index is 0.0335. The van der Waals surface area contributed by atoms with Crippen molar-refractivity contribution >= 4 is 30.2 Å². The molecule has 12 heteroatoms. The zero-order valence-electron chi connectivity index (χ0n) is 23.9. The Bertz CT molecular complexity index is 685. The van der Waals surface area contributed by atoms with Crippen molar-refractivity contribution in [1.29, 1.82) is 0 Å². The van der Waals surface area contributed by atoms with Crippen molar-refractivity contribution in [2.45, 2.75) is 84.3 Å². The molecule has 0 aromatic rings. The van der Waals surface area contributed by atoms with E-state index < -0.39 is 24.1 Å². The molecule has 216 valence electrons. The molecule has 0 aromatic carbocycles. The molecule has 1 fully saturated rings. The summed E-state index contributed by atoms with van der Waals surface area (Å²) in [4.78, 5) is 24.3. The lowest BCUT2D eigenvalue weighted by Crippen LogP contribution is -2.41. The third kappa shape index (κ3) is 14.7. The fraction of sp³-hybridized carbons (Fsp3) is 0.833. The van der Waals surface area contributed by atoms with Crippen molar-refractivity contribution in [2.24, 2.45) is 0 Å². The summed E-state index contributed by atoms with van der Waals surface area (Å²) in [7, 11) is -1.84. The number of urea groups is 1. The van der Waals surface area contributed by atoms with E-state index in [9.17, 15) is 18.7 Å². The van der Waals surface area contributed by atoms with E-state index in [0.717, 1.165) is 13.5 Å². The van der Waals surface area contributed by atoms with Gasteiger partial charge in [-0.3, -0.25) is 14.3 Å². The number of allylic oxidation sites excluding steroid dienone is 1. The summed E-state index contributed by atoms with van der Waals surface area (Å²) in [6.07, 6.45) is 8.74. The lowest BCUT2D eigenvalue weighted by Gasteiger charge is -2.38. The van der Waals surface area contributed by atoms with E-state index in [0.29, 0.717) is 50.5 Å². The van der Waals surface area contributed by atoms with Crippen molar-refractivity contribution in [3.05, 3.63) is 11.8 Å². The first kappa shape index (κ1) is 37.2. The van der Waals surface area contributed by atoms with Gasteiger partial charge in [0.05, 0.1) is 25.5 Å². The van der Waals surface area contributed by atoms with E-state index in [1.807, 2.05) is 12.5 Å². The maximum Gasteiger partial charge on any atom is 0.330 e. The molecule has 10 nitrogen and oxygen atoms in total. The Labute approximate surface area is 220 Å². The zero-order valence-corrected chi connectivity index (χ0v) is 25.6. The lowest BCUT2D eigenvalue weighted by molar-refractivity contribution is -0.105. The van der Waals surface area contributed by atoms with Crippen molar-refractivity contribution in [2.75, 3.05) is 46.0 Å². The highest BCUT2D eigenvalue weighted by Gasteiger charge is 2.32. The normalized spacial score (nSPS) is 18.8. The summed E-state index contributed by atoms with van der Waals surface area (Å²) < 4.78 is 38.5. The second kappa shape index (κ2) is 18.3. The number of hydrogen-bond donors (Lipinski definition) is 3. The summed E-state index contributed by atoms with van der Waals surface area (Å²) in [5, 5.41) is 9.55. The van der Waals surface area contributed by atoms with Crippen LogP contribution in [0.3, 0.4) is 0 Å². The molecular weight excluding hydrogens is 507 g/mol. The van der Waals surface area contributed by atoms with Crippen LogP contribution in [0.4, 0.5) is 4.79 Å². The molecule has 1 heterocycles. The Hall–Kier alpha value is -0.940. The van der Waals surface area contributed by atoms with Crippen LogP contribution in [0.25, 0.3) is 0 Å². The summed E-state index contributed by atoms with van der Waals surface area (Å²) in [5.74, 6) is 0. The predicted molar refractivity (Wildman–Crippen MR) is 149 cm³/mol. The number of carbonyl (C=O) groups is 2. The number of carbonyl (C=O) groups excluding carboxylic acids is 2. The maximum atomic E-state index is 12.5. The standard InChI is InChI=1S/C17H31N2O6P.C6H16OS.CH4O/c1-5-23-26(22,24-6-2)11-7-8-15-9-10-16(25-15)19(17(21)18-4)12-14(3)13-20;1-6(2,3)8(4,5)7;1-2/h12-13,15-16H,5-11H2,1-4H3,(H,18,21);7H,1-5H3;2H,1H3/b14-12-;;. The molecule has 1 saturated heterocycles. The number of aliphatic hydroxyl groups is 1. The number of aliphatic hydroxyl groups excluding tert-OH is 1. The molecule has 2 unspecified atom stereocenters. The molecule has 1 aliphatic heterocycles. The van der Waals surface area contributed by atoms with Gasteiger partial charge in [0.25, 0.3) is 0 Å². The van der Waals surface area contributed by atoms with Gasteiger partial charge < -0.3 is 28.8 Å². The first-order valence-corrected chi connectivity index (χ1v) is 16.3. The molecule has 0 radical (unpaired) electrons. The molecule has 2 amide bonds. The highest BCUT2D eigenvalue weighted by atomic mass is 32.3. The van der Waals surface area contributed by atoms with Crippen LogP contribution in [-0.2, 0) is 23.1 Å². The second-order valence-electron chi connectivity index (χ2n) is 9.44. The molecule has 0 spiro atoms. The SMILES string of the molecule is CC(C)(C)S(C)(C)O.CCOP(=O)(CCCC1CCC(N(/C=C(/C)C=O)C(=O)NC)O1)OCC.CO. The maximum absolute atomic E-state index is 12.5.